The number of phenolic OH excluding ortho intramolecular Hbond substituents is 1. The molecule has 4 N–H and O–H groups in total. The minimum atomic E-state index is 0.0761. The second-order valence-electron chi connectivity index (χ2n) is 7.20. The Kier molecular flexibility index (Phi) is 3.54. The second-order valence-corrected chi connectivity index (χ2v) is 7.20. The highest BCUT2D eigenvalue weighted by atomic mass is 16.3. The Balaban J connectivity index is 1.78. The standard InChI is InChI=1S/C18H26N2O2/c21-8-7-20-16-10-12-9-15-13-3-1-2-4-18(13,5-6-19-15)14(12)11-17(16)22/h10-11,13,15,19-22H,1-9H2/t13-,15+,18+/m0/s1. The van der Waals surface area contributed by atoms with Crippen LogP contribution in [-0.2, 0) is 11.8 Å². The number of piperidine rings is 1. The van der Waals surface area contributed by atoms with Crippen LogP contribution in [0.1, 0.15) is 43.2 Å². The van der Waals surface area contributed by atoms with Gasteiger partial charge in [-0.05, 0) is 61.4 Å². The highest BCUT2D eigenvalue weighted by Gasteiger charge is 2.51. The van der Waals surface area contributed by atoms with Crippen LogP contribution in [-0.4, -0.2) is 36.0 Å². The first kappa shape index (κ1) is 14.3. The molecule has 2 fully saturated rings. The molecule has 0 unspecified atom stereocenters. The molecule has 1 aromatic carbocycles. The molecule has 0 radical (unpaired) electrons. The van der Waals surface area contributed by atoms with E-state index in [2.05, 4.69) is 16.7 Å². The summed E-state index contributed by atoms with van der Waals surface area (Å²) in [4.78, 5) is 0. The lowest BCUT2D eigenvalue weighted by Gasteiger charge is -2.56. The zero-order valence-electron chi connectivity index (χ0n) is 13.1. The van der Waals surface area contributed by atoms with E-state index in [-0.39, 0.29) is 12.0 Å². The van der Waals surface area contributed by atoms with Crippen molar-refractivity contribution in [1.82, 2.24) is 5.32 Å². The average molecular weight is 302 g/mol. The van der Waals surface area contributed by atoms with Gasteiger partial charge in [-0.1, -0.05) is 12.8 Å². The van der Waals surface area contributed by atoms with Crippen molar-refractivity contribution in [2.45, 2.75) is 50.0 Å². The minimum Gasteiger partial charge on any atom is -0.506 e. The number of aliphatic hydroxyl groups is 1. The van der Waals surface area contributed by atoms with Gasteiger partial charge >= 0.3 is 0 Å². The van der Waals surface area contributed by atoms with Crippen LogP contribution < -0.4 is 10.6 Å². The molecule has 22 heavy (non-hydrogen) atoms. The molecule has 3 atom stereocenters. The van der Waals surface area contributed by atoms with Gasteiger partial charge in [-0.25, -0.2) is 0 Å². The number of hydrogen-bond donors (Lipinski definition) is 4. The highest BCUT2D eigenvalue weighted by molar-refractivity contribution is 5.62. The largest absolute Gasteiger partial charge is 0.506 e. The van der Waals surface area contributed by atoms with Crippen LogP contribution in [0, 0.1) is 5.92 Å². The Bertz CT molecular complexity index is 570. The molecule has 1 heterocycles. The maximum Gasteiger partial charge on any atom is 0.138 e. The summed E-state index contributed by atoms with van der Waals surface area (Å²) >= 11 is 0. The number of benzene rings is 1. The van der Waals surface area contributed by atoms with Crippen LogP contribution in [0.3, 0.4) is 0 Å². The van der Waals surface area contributed by atoms with E-state index in [9.17, 15) is 5.11 Å². The quantitative estimate of drug-likeness (QED) is 0.646. The van der Waals surface area contributed by atoms with E-state index in [1.165, 1.54) is 43.2 Å². The monoisotopic (exact) mass is 302 g/mol. The van der Waals surface area contributed by atoms with Gasteiger partial charge in [0.25, 0.3) is 0 Å². The van der Waals surface area contributed by atoms with Gasteiger partial charge in [0.1, 0.15) is 5.75 Å². The third-order valence-corrected chi connectivity index (χ3v) is 6.19. The van der Waals surface area contributed by atoms with Crippen LogP contribution in [0.5, 0.6) is 5.75 Å². The summed E-state index contributed by atoms with van der Waals surface area (Å²) in [7, 11) is 0. The number of phenols is 1. The van der Waals surface area contributed by atoms with Crippen LogP contribution in [0.15, 0.2) is 12.1 Å². The molecule has 2 aliphatic carbocycles. The van der Waals surface area contributed by atoms with Crippen molar-refractivity contribution in [3.05, 3.63) is 23.3 Å². The molecule has 0 spiro atoms. The lowest BCUT2D eigenvalue weighted by molar-refractivity contribution is 0.0796. The van der Waals surface area contributed by atoms with Crippen molar-refractivity contribution in [2.24, 2.45) is 5.92 Å². The second kappa shape index (κ2) is 5.43. The zero-order chi connectivity index (χ0) is 15.2. The van der Waals surface area contributed by atoms with Gasteiger partial charge in [-0.2, -0.15) is 0 Å². The summed E-state index contributed by atoms with van der Waals surface area (Å²) in [6, 6.07) is 4.73. The average Bonchev–Trinajstić information content (AvgIpc) is 2.54. The summed E-state index contributed by atoms with van der Waals surface area (Å²) in [5, 5.41) is 26.3. The van der Waals surface area contributed by atoms with Gasteiger partial charge in [-0.3, -0.25) is 0 Å². The number of rotatable bonds is 3. The first-order chi connectivity index (χ1) is 10.7. The van der Waals surface area contributed by atoms with Gasteiger partial charge in [-0.15, -0.1) is 0 Å². The number of anilines is 1. The van der Waals surface area contributed by atoms with Crippen LogP contribution >= 0.6 is 0 Å². The fourth-order valence-electron chi connectivity index (χ4n) is 5.30. The van der Waals surface area contributed by atoms with E-state index in [0.29, 0.717) is 18.3 Å². The Labute approximate surface area is 131 Å². The van der Waals surface area contributed by atoms with Gasteiger partial charge in [0.15, 0.2) is 0 Å². The minimum absolute atomic E-state index is 0.0761. The fraction of sp³-hybridized carbons (Fsp3) is 0.667. The molecule has 4 heteroatoms. The Hall–Kier alpha value is -1.26. The topological polar surface area (TPSA) is 64.5 Å². The molecule has 1 saturated heterocycles. The van der Waals surface area contributed by atoms with Gasteiger partial charge in [0.2, 0.25) is 0 Å². The molecule has 1 saturated carbocycles. The molecular weight excluding hydrogens is 276 g/mol. The van der Waals surface area contributed by atoms with E-state index < -0.39 is 0 Å². The van der Waals surface area contributed by atoms with Crippen LogP contribution in [0.25, 0.3) is 0 Å². The molecule has 120 valence electrons. The smallest absolute Gasteiger partial charge is 0.138 e. The molecule has 4 nitrogen and oxygen atoms in total. The summed E-state index contributed by atoms with van der Waals surface area (Å²) in [6.07, 6.45) is 7.52. The van der Waals surface area contributed by atoms with Crippen molar-refractivity contribution in [3.63, 3.8) is 0 Å². The van der Waals surface area contributed by atoms with Crippen molar-refractivity contribution < 1.29 is 10.2 Å². The van der Waals surface area contributed by atoms with E-state index in [0.717, 1.165) is 24.6 Å². The number of aromatic hydroxyl groups is 1. The van der Waals surface area contributed by atoms with Crippen molar-refractivity contribution >= 4 is 5.69 Å². The lowest BCUT2D eigenvalue weighted by atomic mass is 9.53. The van der Waals surface area contributed by atoms with Crippen molar-refractivity contribution in [3.8, 4) is 5.75 Å². The third kappa shape index (κ3) is 2.04. The summed E-state index contributed by atoms with van der Waals surface area (Å²) in [5.74, 6) is 1.07. The number of aliphatic hydroxyl groups excluding tert-OH is 1. The number of nitrogens with one attached hydrogen (secondary N) is 2. The Morgan fingerprint density at radius 2 is 2.18 bits per heavy atom. The van der Waals surface area contributed by atoms with Crippen LogP contribution in [0.4, 0.5) is 5.69 Å². The van der Waals surface area contributed by atoms with E-state index in [1.54, 1.807) is 0 Å². The van der Waals surface area contributed by atoms with Gasteiger partial charge < -0.3 is 20.8 Å². The van der Waals surface area contributed by atoms with Gasteiger partial charge in [0, 0.05) is 18.0 Å². The maximum absolute atomic E-state index is 10.4. The molecule has 4 rings (SSSR count). The maximum atomic E-state index is 10.4. The predicted molar refractivity (Wildman–Crippen MR) is 87.4 cm³/mol. The van der Waals surface area contributed by atoms with Crippen molar-refractivity contribution in [2.75, 3.05) is 25.0 Å². The molecule has 2 bridgehead atoms. The van der Waals surface area contributed by atoms with E-state index in [1.807, 2.05) is 6.07 Å². The SMILES string of the molecule is OCCNc1cc2c(cc1O)[C@@]13CCCC[C@H]1[C@@H](C2)NCC3. The molecule has 3 aliphatic rings. The lowest BCUT2D eigenvalue weighted by Crippen LogP contribution is -2.59. The number of hydrogen-bond acceptors (Lipinski definition) is 4. The first-order valence-corrected chi connectivity index (χ1v) is 8.69. The molecule has 1 aromatic rings. The fourth-order valence-corrected chi connectivity index (χ4v) is 5.30. The zero-order valence-corrected chi connectivity index (χ0v) is 13.1. The molecule has 0 aromatic heterocycles. The Morgan fingerprint density at radius 1 is 1.27 bits per heavy atom. The van der Waals surface area contributed by atoms with Gasteiger partial charge in [0.05, 0.1) is 12.3 Å². The van der Waals surface area contributed by atoms with Crippen molar-refractivity contribution in [1.29, 1.82) is 0 Å². The molecule has 0 amide bonds. The normalized spacial score (nSPS) is 33.0. The van der Waals surface area contributed by atoms with E-state index >= 15 is 0 Å². The predicted octanol–water partition coefficient (Wildman–Crippen LogP) is 2.14. The summed E-state index contributed by atoms with van der Waals surface area (Å²) < 4.78 is 0. The summed E-state index contributed by atoms with van der Waals surface area (Å²) in [6.45, 7) is 1.65. The third-order valence-electron chi connectivity index (χ3n) is 6.19. The molecule has 1 aliphatic heterocycles. The first-order valence-electron chi connectivity index (χ1n) is 8.69. The summed E-state index contributed by atoms with van der Waals surface area (Å²) in [5.41, 5.74) is 3.83. The highest BCUT2D eigenvalue weighted by Crippen LogP contribution is 2.54. The number of fused-ring (bicyclic) bond motifs is 1. The molecular formula is C18H26N2O2. The van der Waals surface area contributed by atoms with Crippen LogP contribution in [0.2, 0.25) is 0 Å². The Morgan fingerprint density at radius 3 is 3.05 bits per heavy atom. The van der Waals surface area contributed by atoms with E-state index in [4.69, 9.17) is 5.11 Å².